The van der Waals surface area contributed by atoms with E-state index in [1.807, 2.05) is 0 Å². The molecular formula is C10H6ClF6NO3. The fourth-order valence-electron chi connectivity index (χ4n) is 1.31. The quantitative estimate of drug-likeness (QED) is 0.481. The van der Waals surface area contributed by atoms with E-state index in [2.05, 4.69) is 14.5 Å². The van der Waals surface area contributed by atoms with E-state index >= 15 is 0 Å². The minimum absolute atomic E-state index is 0.150. The van der Waals surface area contributed by atoms with Gasteiger partial charge in [-0.3, -0.25) is 0 Å². The van der Waals surface area contributed by atoms with E-state index in [0.29, 0.717) is 0 Å². The first-order chi connectivity index (χ1) is 9.49. The summed E-state index contributed by atoms with van der Waals surface area (Å²) in [6, 6.07) is 0.150. The van der Waals surface area contributed by atoms with Crippen LogP contribution >= 0.6 is 11.6 Å². The molecule has 0 aliphatic heterocycles. The first-order valence-electron chi connectivity index (χ1n) is 5.00. The van der Waals surface area contributed by atoms with Gasteiger partial charge in [0.2, 0.25) is 5.88 Å². The van der Waals surface area contributed by atoms with Gasteiger partial charge in [-0.05, 0) is 6.07 Å². The number of pyridine rings is 1. The molecule has 0 spiro atoms. The Labute approximate surface area is 118 Å². The van der Waals surface area contributed by atoms with Crippen molar-refractivity contribution in [3.05, 3.63) is 22.9 Å². The second kappa shape index (κ2) is 5.96. The van der Waals surface area contributed by atoms with Gasteiger partial charge in [0.25, 0.3) is 0 Å². The van der Waals surface area contributed by atoms with Crippen molar-refractivity contribution in [2.75, 3.05) is 7.11 Å². The van der Waals surface area contributed by atoms with Crippen molar-refractivity contribution in [1.82, 2.24) is 4.98 Å². The summed E-state index contributed by atoms with van der Waals surface area (Å²) in [6.07, 6.45) is -10.6. The van der Waals surface area contributed by atoms with E-state index in [1.54, 1.807) is 0 Å². The highest BCUT2D eigenvalue weighted by Gasteiger charge is 2.41. The Morgan fingerprint density at radius 3 is 2.24 bits per heavy atom. The van der Waals surface area contributed by atoms with E-state index in [9.17, 15) is 31.1 Å². The molecule has 0 fully saturated rings. The third kappa shape index (κ3) is 4.38. The molecule has 0 saturated carbocycles. The number of halogens is 7. The van der Waals surface area contributed by atoms with Crippen molar-refractivity contribution >= 4 is 17.6 Å². The van der Waals surface area contributed by atoms with Gasteiger partial charge in [-0.2, -0.15) is 13.2 Å². The molecule has 0 unspecified atom stereocenters. The lowest BCUT2D eigenvalue weighted by Crippen LogP contribution is -2.22. The molecule has 21 heavy (non-hydrogen) atoms. The number of ether oxygens (including phenoxy) is 2. The molecule has 118 valence electrons. The number of esters is 1. The van der Waals surface area contributed by atoms with Crippen molar-refractivity contribution in [3.8, 4) is 5.88 Å². The van der Waals surface area contributed by atoms with Gasteiger partial charge in [0, 0.05) is 0 Å². The van der Waals surface area contributed by atoms with E-state index in [1.165, 1.54) is 0 Å². The van der Waals surface area contributed by atoms with E-state index in [-0.39, 0.29) is 6.07 Å². The zero-order valence-corrected chi connectivity index (χ0v) is 10.9. The molecular weight excluding hydrogens is 332 g/mol. The van der Waals surface area contributed by atoms with E-state index < -0.39 is 47.1 Å². The number of methoxy groups -OCH3 is 1. The summed E-state index contributed by atoms with van der Waals surface area (Å²) in [6.45, 7) is 0. The van der Waals surface area contributed by atoms with Gasteiger partial charge in [0.05, 0.1) is 24.2 Å². The van der Waals surface area contributed by atoms with Gasteiger partial charge in [-0.15, -0.1) is 24.8 Å². The Hall–Kier alpha value is -1.71. The summed E-state index contributed by atoms with van der Waals surface area (Å²) in [5, 5.41) is 0. The molecule has 11 heteroatoms. The standard InChI is InChI=1S/C10H6ClF6NO3/c1-20-8(19)4-2-5(9(12,13)14)7(18-6(4)3-11)21-10(15,16)17/h2H,3H2,1H3. The average Bonchev–Trinajstić information content (AvgIpc) is 2.34. The Bertz CT molecular complexity index is 543. The van der Waals surface area contributed by atoms with Gasteiger partial charge in [0.15, 0.2) is 0 Å². The Morgan fingerprint density at radius 2 is 1.86 bits per heavy atom. The highest BCUT2D eigenvalue weighted by Crippen LogP contribution is 2.38. The number of rotatable bonds is 3. The first-order valence-corrected chi connectivity index (χ1v) is 5.54. The zero-order chi connectivity index (χ0) is 16.4. The maximum absolute atomic E-state index is 12.7. The molecule has 0 radical (unpaired) electrons. The van der Waals surface area contributed by atoms with Crippen LogP contribution < -0.4 is 4.74 Å². The summed E-state index contributed by atoms with van der Waals surface area (Å²) >= 11 is 5.35. The van der Waals surface area contributed by atoms with Crippen molar-refractivity contribution < 1.29 is 40.6 Å². The molecule has 0 saturated heterocycles. The number of hydrogen-bond acceptors (Lipinski definition) is 4. The van der Waals surface area contributed by atoms with Crippen molar-refractivity contribution in [3.63, 3.8) is 0 Å². The molecule has 1 rings (SSSR count). The van der Waals surface area contributed by atoms with Gasteiger partial charge >= 0.3 is 18.5 Å². The van der Waals surface area contributed by atoms with Crippen LogP contribution in [0.5, 0.6) is 5.88 Å². The second-order valence-electron chi connectivity index (χ2n) is 3.51. The Morgan fingerprint density at radius 1 is 1.29 bits per heavy atom. The lowest BCUT2D eigenvalue weighted by Gasteiger charge is -2.16. The van der Waals surface area contributed by atoms with Crippen LogP contribution in [-0.4, -0.2) is 24.4 Å². The molecule has 0 amide bonds. The minimum Gasteiger partial charge on any atom is -0.465 e. The normalized spacial score (nSPS) is 12.2. The summed E-state index contributed by atoms with van der Waals surface area (Å²) in [7, 11) is 0.883. The third-order valence-electron chi connectivity index (χ3n) is 2.12. The molecule has 0 bridgehead atoms. The lowest BCUT2D eigenvalue weighted by atomic mass is 10.1. The number of hydrogen-bond donors (Lipinski definition) is 0. The predicted octanol–water partition coefficient (Wildman–Crippen LogP) is 3.52. The minimum atomic E-state index is -5.39. The van der Waals surface area contributed by atoms with E-state index in [4.69, 9.17) is 11.6 Å². The van der Waals surface area contributed by atoms with E-state index in [0.717, 1.165) is 7.11 Å². The number of aromatic nitrogens is 1. The Balaban J connectivity index is 3.53. The third-order valence-corrected chi connectivity index (χ3v) is 2.37. The molecule has 0 aliphatic carbocycles. The van der Waals surface area contributed by atoms with Crippen LogP contribution in [-0.2, 0) is 16.8 Å². The second-order valence-corrected chi connectivity index (χ2v) is 3.77. The molecule has 0 N–H and O–H groups in total. The largest absolute Gasteiger partial charge is 0.574 e. The first kappa shape index (κ1) is 17.3. The highest BCUT2D eigenvalue weighted by molar-refractivity contribution is 6.17. The Kier molecular flexibility index (Phi) is 4.92. The summed E-state index contributed by atoms with van der Waals surface area (Å²) in [4.78, 5) is 14.3. The average molecular weight is 338 g/mol. The fourth-order valence-corrected chi connectivity index (χ4v) is 1.52. The monoisotopic (exact) mass is 337 g/mol. The molecule has 0 aromatic carbocycles. The number of carbonyl (C=O) groups excluding carboxylic acids is 1. The van der Waals surface area contributed by atoms with Crippen molar-refractivity contribution in [2.24, 2.45) is 0 Å². The van der Waals surface area contributed by atoms with Gasteiger partial charge in [-0.25, -0.2) is 9.78 Å². The number of alkyl halides is 7. The molecule has 0 atom stereocenters. The fraction of sp³-hybridized carbons (Fsp3) is 0.400. The van der Waals surface area contributed by atoms with Crippen LogP contribution in [0.25, 0.3) is 0 Å². The van der Waals surface area contributed by atoms with Crippen molar-refractivity contribution in [1.29, 1.82) is 0 Å². The predicted molar refractivity (Wildman–Crippen MR) is 56.8 cm³/mol. The highest BCUT2D eigenvalue weighted by atomic mass is 35.5. The SMILES string of the molecule is COC(=O)c1cc(C(F)(F)F)c(OC(F)(F)F)nc1CCl. The van der Waals surface area contributed by atoms with Crippen molar-refractivity contribution in [2.45, 2.75) is 18.4 Å². The maximum Gasteiger partial charge on any atom is 0.574 e. The molecule has 1 aromatic heterocycles. The van der Waals surface area contributed by atoms with Crippen LogP contribution in [0, 0.1) is 0 Å². The molecule has 1 aromatic rings. The summed E-state index contributed by atoms with van der Waals surface area (Å²) < 4.78 is 82.0. The molecule has 0 aliphatic rings. The summed E-state index contributed by atoms with van der Waals surface area (Å²) in [5.41, 5.74) is -3.10. The maximum atomic E-state index is 12.7. The molecule has 1 heterocycles. The lowest BCUT2D eigenvalue weighted by molar-refractivity contribution is -0.277. The van der Waals surface area contributed by atoms with Gasteiger partial charge in [0.1, 0.15) is 5.56 Å². The van der Waals surface area contributed by atoms with Crippen LogP contribution in [0.4, 0.5) is 26.3 Å². The van der Waals surface area contributed by atoms with Crippen LogP contribution in [0.1, 0.15) is 21.6 Å². The van der Waals surface area contributed by atoms with Gasteiger partial charge < -0.3 is 9.47 Å². The van der Waals surface area contributed by atoms with Crippen LogP contribution in [0.2, 0.25) is 0 Å². The van der Waals surface area contributed by atoms with Gasteiger partial charge in [-0.1, -0.05) is 0 Å². The topological polar surface area (TPSA) is 48.4 Å². The van der Waals surface area contributed by atoms with Crippen LogP contribution in [0.15, 0.2) is 6.07 Å². The molecule has 4 nitrogen and oxygen atoms in total. The number of nitrogens with zero attached hydrogens (tertiary/aromatic N) is 1. The zero-order valence-electron chi connectivity index (χ0n) is 10.1. The smallest absolute Gasteiger partial charge is 0.465 e. The van der Waals surface area contributed by atoms with Crippen LogP contribution in [0.3, 0.4) is 0 Å². The summed E-state index contributed by atoms with van der Waals surface area (Å²) in [5.74, 6) is -3.57. The number of carbonyl (C=O) groups is 1.